The van der Waals surface area contributed by atoms with E-state index in [0.29, 0.717) is 40.2 Å². The summed E-state index contributed by atoms with van der Waals surface area (Å²) in [5, 5.41) is 17.0. The van der Waals surface area contributed by atoms with Crippen molar-refractivity contribution in [1.82, 2.24) is 25.4 Å². The molecule has 3 aliphatic heterocycles. The molecule has 38 heavy (non-hydrogen) atoms. The number of carbonyl (C=O) groups is 2. The number of nitrogens with one attached hydrogen (secondary N) is 2. The fourth-order valence-electron chi connectivity index (χ4n) is 5.69. The van der Waals surface area contributed by atoms with Crippen molar-refractivity contribution >= 4 is 45.9 Å². The number of thiocarbonyl (C=S) groups is 1. The van der Waals surface area contributed by atoms with Crippen LogP contribution in [0.4, 0.5) is 10.5 Å². The van der Waals surface area contributed by atoms with Crippen LogP contribution in [0.2, 0.25) is 0 Å². The fraction of sp³-hybridized carbons (Fsp3) is 0.519. The molecule has 5 rings (SSSR count). The number of rotatable bonds is 6. The molecular formula is C27H33N7O3S. The van der Waals surface area contributed by atoms with Gasteiger partial charge in [-0.3, -0.25) is 14.7 Å². The second-order valence-corrected chi connectivity index (χ2v) is 11.2. The lowest BCUT2D eigenvalue weighted by atomic mass is 9.88. The van der Waals surface area contributed by atoms with Crippen molar-refractivity contribution in [2.75, 3.05) is 50.8 Å². The topological polar surface area (TPSA) is 114 Å². The number of carbonyl (C=O) groups excluding carboxylic acids is 2. The number of benzene rings is 1. The highest BCUT2D eigenvalue weighted by Crippen LogP contribution is 2.38. The standard InChI is InChI=1S/C27H33N7O3S/c1-27(2)15-21(33(17-27)26(38)30-9-4-10-32-11-13-37-14-12-32)23-24(35)34(25(36)31-23)20-7-6-18(16-28)22-19(20)5-3-8-29-22/h3,5-8,21,23H,4,9-15,17H2,1-2H3,(H,30,38)(H,31,36)/t21?,23-/m0/s1. The number of hydrogen-bond donors (Lipinski definition) is 2. The van der Waals surface area contributed by atoms with Crippen molar-refractivity contribution in [1.29, 1.82) is 5.26 Å². The number of hydrogen-bond acceptors (Lipinski definition) is 7. The Morgan fingerprint density at radius 1 is 1.29 bits per heavy atom. The number of amides is 3. The molecule has 200 valence electrons. The number of anilines is 1. The number of nitriles is 1. The lowest BCUT2D eigenvalue weighted by Crippen LogP contribution is -2.53. The van der Waals surface area contributed by atoms with E-state index < -0.39 is 12.1 Å². The Morgan fingerprint density at radius 3 is 2.84 bits per heavy atom. The first-order chi connectivity index (χ1) is 18.3. The number of urea groups is 1. The Bertz CT molecular complexity index is 1290. The predicted molar refractivity (Wildman–Crippen MR) is 148 cm³/mol. The summed E-state index contributed by atoms with van der Waals surface area (Å²) in [5.41, 5.74) is 1.20. The molecule has 0 aliphatic carbocycles. The van der Waals surface area contributed by atoms with Gasteiger partial charge in [0.15, 0.2) is 5.11 Å². The van der Waals surface area contributed by atoms with Crippen molar-refractivity contribution in [2.45, 2.75) is 38.8 Å². The summed E-state index contributed by atoms with van der Waals surface area (Å²) in [5.74, 6) is -0.326. The smallest absolute Gasteiger partial charge is 0.329 e. The van der Waals surface area contributed by atoms with Gasteiger partial charge in [-0.25, -0.2) is 9.69 Å². The van der Waals surface area contributed by atoms with Crippen LogP contribution < -0.4 is 15.5 Å². The molecule has 3 fully saturated rings. The summed E-state index contributed by atoms with van der Waals surface area (Å²) < 4.78 is 5.41. The molecule has 2 atom stereocenters. The van der Waals surface area contributed by atoms with E-state index in [0.717, 1.165) is 45.8 Å². The summed E-state index contributed by atoms with van der Waals surface area (Å²) in [6, 6.07) is 7.37. The van der Waals surface area contributed by atoms with Gasteiger partial charge in [0.25, 0.3) is 5.91 Å². The third-order valence-corrected chi connectivity index (χ3v) is 7.89. The maximum absolute atomic E-state index is 13.8. The maximum Gasteiger partial charge on any atom is 0.329 e. The van der Waals surface area contributed by atoms with Crippen molar-refractivity contribution in [3.05, 3.63) is 36.0 Å². The molecular weight excluding hydrogens is 502 g/mol. The van der Waals surface area contributed by atoms with Crippen LogP contribution in [0, 0.1) is 16.7 Å². The highest BCUT2D eigenvalue weighted by atomic mass is 32.1. The van der Waals surface area contributed by atoms with Gasteiger partial charge in [0.1, 0.15) is 12.1 Å². The Balaban J connectivity index is 1.31. The van der Waals surface area contributed by atoms with Gasteiger partial charge in [-0.2, -0.15) is 5.26 Å². The van der Waals surface area contributed by atoms with Gasteiger partial charge in [0, 0.05) is 37.8 Å². The fourth-order valence-corrected chi connectivity index (χ4v) is 6.00. The molecule has 0 saturated carbocycles. The number of likely N-dealkylation sites (tertiary alicyclic amines) is 1. The lowest BCUT2D eigenvalue weighted by Gasteiger charge is -2.31. The molecule has 10 nitrogen and oxygen atoms in total. The summed E-state index contributed by atoms with van der Waals surface area (Å²) in [4.78, 5) is 36.9. The van der Waals surface area contributed by atoms with Crippen LogP contribution in [-0.2, 0) is 9.53 Å². The monoisotopic (exact) mass is 535 g/mol. The highest BCUT2D eigenvalue weighted by molar-refractivity contribution is 7.80. The summed E-state index contributed by atoms with van der Waals surface area (Å²) in [6.07, 6.45) is 3.26. The molecule has 3 amide bonds. The molecule has 0 spiro atoms. The number of nitrogens with zero attached hydrogens (tertiary/aromatic N) is 5. The SMILES string of the molecule is CC1(C)CC([C@@H]2NC(=O)N(c3ccc(C#N)c4ncccc34)C2=O)N(C(=S)NCCCN2CCOCC2)C1. The molecule has 3 saturated heterocycles. The normalized spacial score (nSPS) is 23.5. The maximum atomic E-state index is 13.8. The molecule has 3 aliphatic rings. The van der Waals surface area contributed by atoms with Crippen LogP contribution >= 0.6 is 12.2 Å². The summed E-state index contributed by atoms with van der Waals surface area (Å²) in [7, 11) is 0. The first-order valence-corrected chi connectivity index (χ1v) is 13.5. The zero-order chi connectivity index (χ0) is 26.9. The Hall–Kier alpha value is -3.33. The zero-order valence-electron chi connectivity index (χ0n) is 21.8. The Morgan fingerprint density at radius 2 is 2.08 bits per heavy atom. The van der Waals surface area contributed by atoms with Crippen LogP contribution in [0.25, 0.3) is 10.9 Å². The quantitative estimate of drug-likeness (QED) is 0.327. The van der Waals surface area contributed by atoms with Crippen LogP contribution in [0.1, 0.15) is 32.3 Å². The largest absolute Gasteiger partial charge is 0.379 e. The number of fused-ring (bicyclic) bond motifs is 1. The lowest BCUT2D eigenvalue weighted by molar-refractivity contribution is -0.119. The van der Waals surface area contributed by atoms with Crippen molar-refractivity contribution < 1.29 is 14.3 Å². The van der Waals surface area contributed by atoms with E-state index in [4.69, 9.17) is 17.0 Å². The van der Waals surface area contributed by atoms with Gasteiger partial charge in [-0.15, -0.1) is 0 Å². The van der Waals surface area contributed by atoms with Gasteiger partial charge in [0.05, 0.1) is 36.0 Å². The van der Waals surface area contributed by atoms with Gasteiger partial charge in [-0.05, 0) is 61.3 Å². The van der Waals surface area contributed by atoms with E-state index in [-0.39, 0.29) is 17.4 Å². The van der Waals surface area contributed by atoms with E-state index >= 15 is 0 Å². The van der Waals surface area contributed by atoms with Gasteiger partial charge in [0.2, 0.25) is 0 Å². The number of morpholine rings is 1. The zero-order valence-corrected chi connectivity index (χ0v) is 22.6. The molecule has 1 aromatic carbocycles. The van der Waals surface area contributed by atoms with Crippen LogP contribution in [-0.4, -0.2) is 89.9 Å². The molecule has 11 heteroatoms. The van der Waals surface area contributed by atoms with Crippen molar-refractivity contribution in [3.63, 3.8) is 0 Å². The third-order valence-electron chi connectivity index (χ3n) is 7.51. The number of imide groups is 1. The van der Waals surface area contributed by atoms with Crippen LogP contribution in [0.3, 0.4) is 0 Å². The predicted octanol–water partition coefficient (Wildman–Crippen LogP) is 2.23. The summed E-state index contributed by atoms with van der Waals surface area (Å²) >= 11 is 5.79. The minimum Gasteiger partial charge on any atom is -0.379 e. The average Bonchev–Trinajstić information content (AvgIpc) is 3.40. The second kappa shape index (κ2) is 10.8. The number of aromatic nitrogens is 1. The van der Waals surface area contributed by atoms with E-state index in [9.17, 15) is 14.9 Å². The van der Waals surface area contributed by atoms with Gasteiger partial charge < -0.3 is 20.3 Å². The van der Waals surface area contributed by atoms with E-state index in [1.807, 2.05) is 0 Å². The third kappa shape index (κ3) is 5.16. The molecule has 2 N–H and O–H groups in total. The molecule has 4 heterocycles. The van der Waals surface area contributed by atoms with Gasteiger partial charge in [-0.1, -0.05) is 13.8 Å². The first kappa shape index (κ1) is 26.3. The molecule has 2 aromatic rings. The average molecular weight is 536 g/mol. The molecule has 0 bridgehead atoms. The van der Waals surface area contributed by atoms with Gasteiger partial charge >= 0.3 is 6.03 Å². The van der Waals surface area contributed by atoms with E-state index in [1.54, 1.807) is 30.5 Å². The highest BCUT2D eigenvalue weighted by Gasteiger charge is 2.51. The van der Waals surface area contributed by atoms with Crippen molar-refractivity contribution in [2.24, 2.45) is 5.41 Å². The Kier molecular flexibility index (Phi) is 7.47. The first-order valence-electron chi connectivity index (χ1n) is 13.1. The minimum atomic E-state index is -0.736. The number of pyridine rings is 1. The molecule has 1 aromatic heterocycles. The minimum absolute atomic E-state index is 0.0757. The number of ether oxygens (including phenoxy) is 1. The van der Waals surface area contributed by atoms with E-state index in [2.05, 4.69) is 45.3 Å². The van der Waals surface area contributed by atoms with Crippen LogP contribution in [0.15, 0.2) is 30.5 Å². The van der Waals surface area contributed by atoms with E-state index in [1.165, 1.54) is 4.90 Å². The Labute approximate surface area is 227 Å². The second-order valence-electron chi connectivity index (χ2n) is 10.8. The summed E-state index contributed by atoms with van der Waals surface area (Å²) in [6.45, 7) is 10.2. The van der Waals surface area contributed by atoms with Crippen LogP contribution in [0.5, 0.6) is 0 Å². The molecule has 1 unspecified atom stereocenters. The van der Waals surface area contributed by atoms with Crippen molar-refractivity contribution in [3.8, 4) is 6.07 Å². The molecule has 0 radical (unpaired) electrons.